The second-order valence-electron chi connectivity index (χ2n) is 1.92. The molecule has 4 heteroatoms. The number of carbonyl (C=O) groups excluding carboxylic acids is 1. The van der Waals surface area contributed by atoms with Crippen molar-refractivity contribution in [2.45, 2.75) is 19.4 Å². The van der Waals surface area contributed by atoms with Crippen LogP contribution in [0.2, 0.25) is 0 Å². The molecule has 0 fully saturated rings. The van der Waals surface area contributed by atoms with E-state index in [-0.39, 0.29) is 5.78 Å². The van der Waals surface area contributed by atoms with Crippen molar-refractivity contribution in [3.05, 3.63) is 0 Å². The maximum Gasteiger partial charge on any atom is 0.298 e. The molecule has 0 amide bonds. The smallest absolute Gasteiger partial charge is 0.298 e. The first kappa shape index (κ1) is 10.0. The molecule has 0 saturated carbocycles. The van der Waals surface area contributed by atoms with Gasteiger partial charge in [0.05, 0.1) is 0 Å². The number of carbonyl (C=O) groups is 1. The predicted octanol–water partition coefficient (Wildman–Crippen LogP) is 0.432. The van der Waals surface area contributed by atoms with Gasteiger partial charge in [-0.3, -0.25) is 4.79 Å². The molecule has 0 bridgehead atoms. The van der Waals surface area contributed by atoms with Crippen LogP contribution >= 0.6 is 0 Å². The van der Waals surface area contributed by atoms with Gasteiger partial charge >= 0.3 is 0 Å². The zero-order valence-electron chi connectivity index (χ0n) is 6.32. The Kier molecular flexibility index (Phi) is 4.39. The first-order valence-corrected chi connectivity index (χ1v) is 3.05. The lowest BCUT2D eigenvalue weighted by Gasteiger charge is -2.02. The van der Waals surface area contributed by atoms with Crippen LogP contribution in [0.25, 0.3) is 0 Å². The number of Topliss-reactive ketones (excluding diaryl/α,β-unsaturated/α-hetero) is 1. The first-order chi connectivity index (χ1) is 5.07. The minimum atomic E-state index is -2.68. The van der Waals surface area contributed by atoms with Gasteiger partial charge < -0.3 is 5.32 Å². The standard InChI is InChI=1S/C7H9F2NO/c1-5(11)6(10-2)3-4-7(8)9/h6-7,10H,1-2H3. The van der Waals surface area contributed by atoms with E-state index in [0.29, 0.717) is 0 Å². The van der Waals surface area contributed by atoms with Gasteiger partial charge in [0.2, 0.25) is 0 Å². The molecule has 0 aromatic carbocycles. The normalized spacial score (nSPS) is 12.1. The molecule has 0 aliphatic carbocycles. The molecule has 0 aromatic heterocycles. The Balaban J connectivity index is 4.11. The molecule has 62 valence electrons. The maximum absolute atomic E-state index is 11.5. The third-order valence-electron chi connectivity index (χ3n) is 1.03. The molecule has 0 aliphatic rings. The van der Waals surface area contributed by atoms with E-state index in [9.17, 15) is 13.6 Å². The highest BCUT2D eigenvalue weighted by atomic mass is 19.3. The van der Waals surface area contributed by atoms with Gasteiger partial charge in [0, 0.05) is 0 Å². The average molecular weight is 161 g/mol. The van der Waals surface area contributed by atoms with Crippen LogP contribution in [0.5, 0.6) is 0 Å². The van der Waals surface area contributed by atoms with Gasteiger partial charge in [0.1, 0.15) is 6.04 Å². The molecule has 0 radical (unpaired) electrons. The largest absolute Gasteiger partial charge is 0.301 e. The van der Waals surface area contributed by atoms with Gasteiger partial charge in [-0.25, -0.2) is 0 Å². The van der Waals surface area contributed by atoms with Crippen LogP contribution in [0.3, 0.4) is 0 Å². The number of nitrogens with one attached hydrogen (secondary N) is 1. The molecule has 2 nitrogen and oxygen atoms in total. The summed E-state index contributed by atoms with van der Waals surface area (Å²) in [6.45, 7) is 1.29. The Hall–Kier alpha value is -0.950. The molecule has 0 saturated heterocycles. The zero-order chi connectivity index (χ0) is 8.85. The van der Waals surface area contributed by atoms with Crippen LogP contribution in [-0.4, -0.2) is 25.3 Å². The van der Waals surface area contributed by atoms with Crippen LogP contribution in [-0.2, 0) is 4.79 Å². The lowest BCUT2D eigenvalue weighted by Crippen LogP contribution is -2.30. The van der Waals surface area contributed by atoms with Crippen molar-refractivity contribution >= 4 is 5.78 Å². The Labute approximate surface area is 64.0 Å². The summed E-state index contributed by atoms with van der Waals surface area (Å²) in [5, 5.41) is 2.50. The Bertz CT molecular complexity index is 192. The third kappa shape index (κ3) is 4.45. The number of alkyl halides is 2. The fourth-order valence-electron chi connectivity index (χ4n) is 0.523. The van der Waals surface area contributed by atoms with Crippen molar-refractivity contribution < 1.29 is 13.6 Å². The summed E-state index contributed by atoms with van der Waals surface area (Å²) < 4.78 is 23.0. The topological polar surface area (TPSA) is 29.1 Å². The van der Waals surface area contributed by atoms with E-state index in [2.05, 4.69) is 11.2 Å². The van der Waals surface area contributed by atoms with Crippen LogP contribution in [0.1, 0.15) is 6.92 Å². The lowest BCUT2D eigenvalue weighted by molar-refractivity contribution is -0.117. The molecular formula is C7H9F2NO. The van der Waals surface area contributed by atoms with Gasteiger partial charge in [0.25, 0.3) is 6.43 Å². The van der Waals surface area contributed by atoms with Crippen LogP contribution in [0.4, 0.5) is 8.78 Å². The molecule has 1 unspecified atom stereocenters. The lowest BCUT2D eigenvalue weighted by atomic mass is 10.2. The molecule has 1 N–H and O–H groups in total. The molecule has 11 heavy (non-hydrogen) atoms. The van der Waals surface area contributed by atoms with Crippen molar-refractivity contribution in [3.8, 4) is 11.8 Å². The number of hydrogen-bond acceptors (Lipinski definition) is 2. The van der Waals surface area contributed by atoms with Crippen LogP contribution in [0, 0.1) is 11.8 Å². The molecular weight excluding hydrogens is 152 g/mol. The minimum Gasteiger partial charge on any atom is -0.301 e. The monoisotopic (exact) mass is 161 g/mol. The summed E-state index contributed by atoms with van der Waals surface area (Å²) in [7, 11) is 1.49. The van der Waals surface area contributed by atoms with Gasteiger partial charge in [-0.2, -0.15) is 8.78 Å². The zero-order valence-corrected chi connectivity index (χ0v) is 6.32. The van der Waals surface area contributed by atoms with Crippen molar-refractivity contribution in [1.82, 2.24) is 5.32 Å². The van der Waals surface area contributed by atoms with Gasteiger partial charge in [-0.15, -0.1) is 0 Å². The second-order valence-corrected chi connectivity index (χ2v) is 1.92. The minimum absolute atomic E-state index is 0.263. The van der Waals surface area contributed by atoms with Gasteiger partial charge in [0.15, 0.2) is 5.78 Å². The molecule has 0 heterocycles. The van der Waals surface area contributed by atoms with E-state index in [0.717, 1.165) is 0 Å². The first-order valence-electron chi connectivity index (χ1n) is 3.05. The predicted molar refractivity (Wildman–Crippen MR) is 37.3 cm³/mol. The van der Waals surface area contributed by atoms with Crippen molar-refractivity contribution in [3.63, 3.8) is 0 Å². The highest BCUT2D eigenvalue weighted by Crippen LogP contribution is 1.88. The van der Waals surface area contributed by atoms with E-state index in [1.807, 2.05) is 0 Å². The quantitative estimate of drug-likeness (QED) is 0.595. The number of hydrogen-bond donors (Lipinski definition) is 1. The van der Waals surface area contributed by atoms with Gasteiger partial charge in [-0.05, 0) is 19.9 Å². The number of ketones is 1. The highest BCUT2D eigenvalue weighted by Gasteiger charge is 2.06. The third-order valence-corrected chi connectivity index (χ3v) is 1.03. The Morgan fingerprint density at radius 2 is 2.00 bits per heavy atom. The van der Waals surface area contributed by atoms with Crippen molar-refractivity contribution in [2.24, 2.45) is 0 Å². The van der Waals surface area contributed by atoms with E-state index in [1.165, 1.54) is 14.0 Å². The molecule has 0 spiro atoms. The summed E-state index contributed by atoms with van der Waals surface area (Å²) >= 11 is 0. The summed E-state index contributed by atoms with van der Waals surface area (Å²) in [6, 6.07) is -0.774. The summed E-state index contributed by atoms with van der Waals surface area (Å²) in [5.41, 5.74) is 0. The SMILES string of the molecule is CNC(C#CC(F)F)C(C)=O. The second kappa shape index (κ2) is 4.80. The summed E-state index contributed by atoms with van der Waals surface area (Å²) in [4.78, 5) is 10.6. The summed E-state index contributed by atoms with van der Waals surface area (Å²) in [5.74, 6) is 3.46. The van der Waals surface area contributed by atoms with Crippen LogP contribution in [0.15, 0.2) is 0 Å². The van der Waals surface area contributed by atoms with Crippen molar-refractivity contribution in [1.29, 1.82) is 0 Å². The van der Waals surface area contributed by atoms with Crippen LogP contribution < -0.4 is 5.32 Å². The molecule has 0 aromatic rings. The fraction of sp³-hybridized carbons (Fsp3) is 0.571. The molecule has 0 aliphatic heterocycles. The average Bonchev–Trinajstić information content (AvgIpc) is 1.87. The molecule has 1 atom stereocenters. The van der Waals surface area contributed by atoms with E-state index >= 15 is 0 Å². The Morgan fingerprint density at radius 3 is 2.27 bits per heavy atom. The Morgan fingerprint density at radius 1 is 1.45 bits per heavy atom. The fourth-order valence-corrected chi connectivity index (χ4v) is 0.523. The molecule has 0 rings (SSSR count). The number of halogens is 2. The van der Waals surface area contributed by atoms with Gasteiger partial charge in [-0.1, -0.05) is 5.92 Å². The van der Waals surface area contributed by atoms with E-state index in [1.54, 1.807) is 5.92 Å². The summed E-state index contributed by atoms with van der Waals surface area (Å²) in [6.07, 6.45) is -2.68. The number of likely N-dealkylation sites (N-methyl/N-ethyl adjacent to an activating group) is 1. The van der Waals surface area contributed by atoms with E-state index < -0.39 is 12.5 Å². The maximum atomic E-state index is 11.5. The highest BCUT2D eigenvalue weighted by molar-refractivity contribution is 5.84. The number of rotatable bonds is 2. The van der Waals surface area contributed by atoms with Crippen molar-refractivity contribution in [2.75, 3.05) is 7.05 Å². The van der Waals surface area contributed by atoms with E-state index in [4.69, 9.17) is 0 Å².